The van der Waals surface area contributed by atoms with Crippen molar-refractivity contribution in [1.82, 2.24) is 20.1 Å². The highest BCUT2D eigenvalue weighted by Crippen LogP contribution is 2.12. The molecule has 0 fully saturated rings. The predicted molar refractivity (Wildman–Crippen MR) is 69.9 cm³/mol. The number of hydrogen-bond donors (Lipinski definition) is 1. The predicted octanol–water partition coefficient (Wildman–Crippen LogP) is 2.21. The van der Waals surface area contributed by atoms with Crippen LogP contribution in [0.3, 0.4) is 0 Å². The van der Waals surface area contributed by atoms with Crippen LogP contribution in [0.25, 0.3) is 0 Å². The summed E-state index contributed by atoms with van der Waals surface area (Å²) in [4.78, 5) is 5.72. The number of thiazole rings is 1. The number of hydrogen-bond acceptors (Lipinski definition) is 4. The molecular formula is C12H18N4S. The van der Waals surface area contributed by atoms with E-state index in [1.165, 1.54) is 10.4 Å². The van der Waals surface area contributed by atoms with Gasteiger partial charge in [0.05, 0.1) is 6.20 Å². The molecule has 0 amide bonds. The number of aryl methyl sites for hydroxylation is 2. The summed E-state index contributed by atoms with van der Waals surface area (Å²) < 4.78 is 1.94. The quantitative estimate of drug-likeness (QED) is 0.854. The fourth-order valence-electron chi connectivity index (χ4n) is 1.58. The topological polar surface area (TPSA) is 42.7 Å². The molecule has 2 rings (SSSR count). The van der Waals surface area contributed by atoms with Crippen molar-refractivity contribution in [3.8, 4) is 0 Å². The minimum Gasteiger partial charge on any atom is -0.306 e. The first-order valence-electron chi connectivity index (χ1n) is 5.97. The third-order valence-corrected chi connectivity index (χ3v) is 3.71. The van der Waals surface area contributed by atoms with Crippen molar-refractivity contribution < 1.29 is 0 Å². The van der Waals surface area contributed by atoms with Crippen LogP contribution in [0.4, 0.5) is 0 Å². The van der Waals surface area contributed by atoms with Crippen molar-refractivity contribution in [2.24, 2.45) is 0 Å². The van der Waals surface area contributed by atoms with Crippen molar-refractivity contribution in [3.05, 3.63) is 34.0 Å². The Morgan fingerprint density at radius 2 is 2.18 bits per heavy atom. The van der Waals surface area contributed by atoms with Gasteiger partial charge in [0.15, 0.2) is 0 Å². The average Bonchev–Trinajstić information content (AvgIpc) is 2.97. The van der Waals surface area contributed by atoms with Crippen molar-refractivity contribution in [3.63, 3.8) is 0 Å². The molecule has 2 heterocycles. The van der Waals surface area contributed by atoms with E-state index in [4.69, 9.17) is 0 Å². The maximum Gasteiger partial charge on any atom is 0.107 e. The van der Waals surface area contributed by atoms with Gasteiger partial charge in [0.25, 0.3) is 0 Å². The lowest BCUT2D eigenvalue weighted by atomic mass is 10.3. The smallest absolute Gasteiger partial charge is 0.107 e. The second kappa shape index (κ2) is 5.93. The molecule has 0 radical (unpaired) electrons. The lowest BCUT2D eigenvalue weighted by Crippen LogP contribution is -2.11. The Labute approximate surface area is 106 Å². The van der Waals surface area contributed by atoms with Crippen LogP contribution in [0, 0.1) is 0 Å². The van der Waals surface area contributed by atoms with E-state index in [0.717, 1.165) is 31.1 Å². The molecule has 1 N–H and O–H groups in total. The number of rotatable bonds is 6. The van der Waals surface area contributed by atoms with Gasteiger partial charge in [-0.15, -0.1) is 11.3 Å². The molecule has 0 saturated heterocycles. The van der Waals surface area contributed by atoms with E-state index >= 15 is 0 Å². The van der Waals surface area contributed by atoms with Gasteiger partial charge >= 0.3 is 0 Å². The molecule has 92 valence electrons. The number of nitrogens with one attached hydrogen (secondary N) is 1. The highest BCUT2D eigenvalue weighted by molar-refractivity contribution is 7.11. The molecule has 17 heavy (non-hydrogen) atoms. The Hall–Kier alpha value is -1.20. The van der Waals surface area contributed by atoms with E-state index in [1.54, 1.807) is 11.3 Å². The molecule has 0 aromatic carbocycles. The molecule has 5 heteroatoms. The first-order chi connectivity index (χ1) is 8.31. The Kier molecular flexibility index (Phi) is 4.28. The van der Waals surface area contributed by atoms with E-state index < -0.39 is 0 Å². The summed E-state index contributed by atoms with van der Waals surface area (Å²) in [6.45, 7) is 6.85. The first kappa shape index (κ1) is 12.3. The highest BCUT2D eigenvalue weighted by Gasteiger charge is 2.01. The van der Waals surface area contributed by atoms with Gasteiger partial charge in [0.2, 0.25) is 0 Å². The third kappa shape index (κ3) is 3.38. The van der Waals surface area contributed by atoms with Gasteiger partial charge < -0.3 is 5.32 Å². The first-order valence-corrected chi connectivity index (χ1v) is 6.79. The zero-order valence-corrected chi connectivity index (χ0v) is 11.1. The summed E-state index contributed by atoms with van der Waals surface area (Å²) >= 11 is 1.78. The maximum atomic E-state index is 4.37. The maximum absolute atomic E-state index is 4.37. The van der Waals surface area contributed by atoms with Crippen LogP contribution < -0.4 is 5.32 Å². The zero-order chi connectivity index (χ0) is 12.1. The van der Waals surface area contributed by atoms with E-state index in [0.29, 0.717) is 0 Å². The van der Waals surface area contributed by atoms with E-state index in [9.17, 15) is 0 Å². The van der Waals surface area contributed by atoms with Gasteiger partial charge in [-0.25, -0.2) is 4.98 Å². The largest absolute Gasteiger partial charge is 0.306 e. The molecular weight excluding hydrogens is 232 g/mol. The third-order valence-electron chi connectivity index (χ3n) is 2.57. The van der Waals surface area contributed by atoms with Crippen molar-refractivity contribution in [2.45, 2.75) is 39.9 Å². The summed E-state index contributed by atoms with van der Waals surface area (Å²) in [6, 6.07) is 0. The van der Waals surface area contributed by atoms with Gasteiger partial charge in [0.1, 0.15) is 5.01 Å². The molecule has 2 aromatic heterocycles. The van der Waals surface area contributed by atoms with Gasteiger partial charge in [-0.05, 0) is 13.3 Å². The lowest BCUT2D eigenvalue weighted by Gasteiger charge is -1.99. The molecule has 0 aliphatic heterocycles. The summed E-state index contributed by atoms with van der Waals surface area (Å²) in [5, 5.41) is 8.79. The average molecular weight is 250 g/mol. The van der Waals surface area contributed by atoms with Crippen LogP contribution in [-0.4, -0.2) is 14.8 Å². The van der Waals surface area contributed by atoms with E-state index in [2.05, 4.69) is 35.4 Å². The standard InChI is InChI=1S/C12H18N4S/c1-3-11-7-14-12(17-11)8-13-5-10-6-15-16(4-2)9-10/h6-7,9,13H,3-5,8H2,1-2H3. The second-order valence-corrected chi connectivity index (χ2v) is 5.08. The Balaban J connectivity index is 1.79. The fraction of sp³-hybridized carbons (Fsp3) is 0.500. The minimum atomic E-state index is 0.835. The normalized spacial score (nSPS) is 10.9. The second-order valence-electron chi connectivity index (χ2n) is 3.88. The summed E-state index contributed by atoms with van der Waals surface area (Å²) in [5.41, 5.74) is 1.22. The Morgan fingerprint density at radius 1 is 1.29 bits per heavy atom. The van der Waals surface area contributed by atoms with Crippen LogP contribution in [0.5, 0.6) is 0 Å². The molecule has 0 saturated carbocycles. The summed E-state index contributed by atoms with van der Waals surface area (Å²) in [6.07, 6.45) is 7.03. The number of nitrogens with zero attached hydrogens (tertiary/aromatic N) is 3. The fourth-order valence-corrected chi connectivity index (χ4v) is 2.41. The highest BCUT2D eigenvalue weighted by atomic mass is 32.1. The lowest BCUT2D eigenvalue weighted by molar-refractivity contribution is 0.655. The minimum absolute atomic E-state index is 0.835. The Bertz CT molecular complexity index is 418. The number of aromatic nitrogens is 3. The monoisotopic (exact) mass is 250 g/mol. The van der Waals surface area contributed by atoms with Crippen LogP contribution in [0.1, 0.15) is 29.3 Å². The van der Waals surface area contributed by atoms with Gasteiger partial charge in [-0.1, -0.05) is 6.92 Å². The van der Waals surface area contributed by atoms with Crippen LogP contribution in [0.2, 0.25) is 0 Å². The van der Waals surface area contributed by atoms with E-state index in [1.807, 2.05) is 17.1 Å². The van der Waals surface area contributed by atoms with Crippen LogP contribution in [0.15, 0.2) is 18.6 Å². The van der Waals surface area contributed by atoms with E-state index in [-0.39, 0.29) is 0 Å². The van der Waals surface area contributed by atoms with Crippen LogP contribution in [-0.2, 0) is 26.1 Å². The van der Waals surface area contributed by atoms with Crippen molar-refractivity contribution in [1.29, 1.82) is 0 Å². The summed E-state index contributed by atoms with van der Waals surface area (Å²) in [7, 11) is 0. The molecule has 2 aromatic rings. The van der Waals surface area contributed by atoms with Gasteiger partial charge in [0, 0.05) is 42.5 Å². The molecule has 0 aliphatic carbocycles. The van der Waals surface area contributed by atoms with Crippen molar-refractivity contribution >= 4 is 11.3 Å². The van der Waals surface area contributed by atoms with Crippen LogP contribution >= 0.6 is 11.3 Å². The molecule has 0 unspecified atom stereocenters. The molecule has 0 bridgehead atoms. The molecule has 0 spiro atoms. The molecule has 0 aliphatic rings. The Morgan fingerprint density at radius 3 is 2.82 bits per heavy atom. The molecule has 4 nitrogen and oxygen atoms in total. The zero-order valence-electron chi connectivity index (χ0n) is 10.3. The summed E-state index contributed by atoms with van der Waals surface area (Å²) in [5.74, 6) is 0. The van der Waals surface area contributed by atoms with Crippen molar-refractivity contribution in [2.75, 3.05) is 0 Å². The SMILES string of the molecule is CCc1cnc(CNCc2cnn(CC)c2)s1. The molecule has 0 atom stereocenters. The van der Waals surface area contributed by atoms with Gasteiger partial charge in [-0.3, -0.25) is 4.68 Å². The van der Waals surface area contributed by atoms with Gasteiger partial charge in [-0.2, -0.15) is 5.10 Å².